The van der Waals surface area contributed by atoms with E-state index in [1.165, 1.54) is 9.75 Å². The Labute approximate surface area is 158 Å². The van der Waals surface area contributed by atoms with Gasteiger partial charge in [-0.25, -0.2) is 4.68 Å². The summed E-state index contributed by atoms with van der Waals surface area (Å²) in [5.41, 5.74) is 2.11. The summed E-state index contributed by atoms with van der Waals surface area (Å²) in [6.07, 6.45) is 4.89. The van der Waals surface area contributed by atoms with Crippen molar-refractivity contribution in [3.8, 4) is 5.69 Å². The van der Waals surface area contributed by atoms with Gasteiger partial charge in [0.15, 0.2) is 0 Å². The van der Waals surface area contributed by atoms with Crippen molar-refractivity contribution >= 4 is 17.2 Å². The van der Waals surface area contributed by atoms with Gasteiger partial charge >= 0.3 is 0 Å². The number of carbonyl (C=O) groups excluding carboxylic acids is 1. The summed E-state index contributed by atoms with van der Waals surface area (Å²) in [7, 11) is 1.94. The highest BCUT2D eigenvalue weighted by atomic mass is 32.1. The molecule has 6 heteroatoms. The van der Waals surface area contributed by atoms with Gasteiger partial charge in [0.2, 0.25) is 5.91 Å². The van der Waals surface area contributed by atoms with Crippen molar-refractivity contribution in [1.29, 1.82) is 0 Å². The maximum absolute atomic E-state index is 12.2. The van der Waals surface area contributed by atoms with Crippen LogP contribution in [0, 0.1) is 0 Å². The fourth-order valence-electron chi connectivity index (χ4n) is 2.73. The van der Waals surface area contributed by atoms with Gasteiger partial charge in [-0.1, -0.05) is 25.1 Å². The maximum Gasteiger partial charge on any atom is 0.234 e. The summed E-state index contributed by atoms with van der Waals surface area (Å²) >= 11 is 1.76. The van der Waals surface area contributed by atoms with Gasteiger partial charge < -0.3 is 5.32 Å². The molecule has 0 aliphatic carbocycles. The van der Waals surface area contributed by atoms with E-state index in [1.807, 2.05) is 59.4 Å². The molecule has 3 aromatic rings. The molecular weight excluding hydrogens is 344 g/mol. The van der Waals surface area contributed by atoms with Crippen LogP contribution in [0.5, 0.6) is 0 Å². The minimum Gasteiger partial charge on any atom is -0.350 e. The number of aromatic nitrogens is 2. The first-order chi connectivity index (χ1) is 12.6. The molecule has 0 spiro atoms. The van der Waals surface area contributed by atoms with Crippen LogP contribution >= 0.6 is 11.3 Å². The normalized spacial score (nSPS) is 11.0. The Kier molecular flexibility index (Phi) is 6.20. The van der Waals surface area contributed by atoms with Crippen LogP contribution in [0.2, 0.25) is 0 Å². The lowest BCUT2D eigenvalue weighted by Crippen LogP contribution is -2.34. The highest BCUT2D eigenvalue weighted by Gasteiger charge is 2.09. The number of amides is 1. The Balaban J connectivity index is 1.47. The second kappa shape index (κ2) is 8.78. The minimum absolute atomic E-state index is 0.0365. The van der Waals surface area contributed by atoms with E-state index in [2.05, 4.69) is 29.5 Å². The monoisotopic (exact) mass is 368 g/mol. The molecule has 0 fully saturated rings. The number of hydrogen-bond donors (Lipinski definition) is 1. The highest BCUT2D eigenvalue weighted by molar-refractivity contribution is 7.11. The molecule has 0 saturated carbocycles. The van der Waals surface area contributed by atoms with Crippen molar-refractivity contribution in [3.05, 3.63) is 70.2 Å². The van der Waals surface area contributed by atoms with Crippen LogP contribution in [-0.4, -0.2) is 34.2 Å². The average molecular weight is 369 g/mol. The molecule has 136 valence electrons. The Morgan fingerprint density at radius 2 is 1.96 bits per heavy atom. The first kappa shape index (κ1) is 18.4. The van der Waals surface area contributed by atoms with Crippen LogP contribution in [0.4, 0.5) is 0 Å². The zero-order valence-corrected chi connectivity index (χ0v) is 16.0. The van der Waals surface area contributed by atoms with E-state index < -0.39 is 0 Å². The summed E-state index contributed by atoms with van der Waals surface area (Å²) < 4.78 is 1.85. The second-order valence-electron chi connectivity index (χ2n) is 6.30. The molecule has 0 atom stereocenters. The van der Waals surface area contributed by atoms with Crippen molar-refractivity contribution in [1.82, 2.24) is 20.0 Å². The topological polar surface area (TPSA) is 50.2 Å². The van der Waals surface area contributed by atoms with E-state index in [1.54, 1.807) is 11.3 Å². The van der Waals surface area contributed by atoms with Crippen LogP contribution < -0.4 is 5.32 Å². The van der Waals surface area contributed by atoms with Gasteiger partial charge in [-0.05, 0) is 37.7 Å². The molecule has 0 saturated heterocycles. The van der Waals surface area contributed by atoms with Crippen molar-refractivity contribution in [3.63, 3.8) is 0 Å². The number of rotatable bonds is 8. The molecule has 0 unspecified atom stereocenters. The molecule has 1 N–H and O–H groups in total. The predicted octanol–water partition coefficient (Wildman–Crippen LogP) is 3.24. The van der Waals surface area contributed by atoms with E-state index in [0.29, 0.717) is 19.6 Å². The van der Waals surface area contributed by atoms with Gasteiger partial charge in [0.25, 0.3) is 0 Å². The van der Waals surface area contributed by atoms with E-state index in [0.717, 1.165) is 17.7 Å². The number of thiophene rings is 1. The summed E-state index contributed by atoms with van der Waals surface area (Å²) in [4.78, 5) is 16.7. The molecule has 1 amide bonds. The lowest BCUT2D eigenvalue weighted by atomic mass is 10.3. The van der Waals surface area contributed by atoms with Crippen molar-refractivity contribution in [2.45, 2.75) is 26.4 Å². The molecular formula is C20H24N4OS. The molecule has 3 rings (SSSR count). The quantitative estimate of drug-likeness (QED) is 0.664. The van der Waals surface area contributed by atoms with E-state index >= 15 is 0 Å². The molecule has 0 aliphatic heterocycles. The molecule has 5 nitrogen and oxygen atoms in total. The Hall–Kier alpha value is -2.44. The van der Waals surface area contributed by atoms with Crippen LogP contribution in [0.15, 0.2) is 54.9 Å². The molecule has 0 bridgehead atoms. The third-order valence-corrected chi connectivity index (χ3v) is 5.28. The number of benzene rings is 1. The zero-order valence-electron chi connectivity index (χ0n) is 15.2. The lowest BCUT2D eigenvalue weighted by molar-refractivity contribution is -0.122. The predicted molar refractivity (Wildman–Crippen MR) is 105 cm³/mol. The molecule has 0 aliphatic rings. The smallest absolute Gasteiger partial charge is 0.234 e. The SMILES string of the molecule is CCc1ccc(CNC(=O)CN(C)Cc2cnn(-c3ccccc3)c2)s1. The summed E-state index contributed by atoms with van der Waals surface area (Å²) in [6.45, 7) is 3.79. The van der Waals surface area contributed by atoms with Crippen LogP contribution in [0.3, 0.4) is 0 Å². The number of likely N-dealkylation sites (N-methyl/N-ethyl adjacent to an activating group) is 1. The fraction of sp³-hybridized carbons (Fsp3) is 0.300. The number of nitrogens with zero attached hydrogens (tertiary/aromatic N) is 3. The Morgan fingerprint density at radius 1 is 1.19 bits per heavy atom. The van der Waals surface area contributed by atoms with Gasteiger partial charge in [0, 0.05) is 28.1 Å². The van der Waals surface area contributed by atoms with Gasteiger partial charge in [-0.2, -0.15) is 5.10 Å². The van der Waals surface area contributed by atoms with E-state index in [9.17, 15) is 4.79 Å². The summed E-state index contributed by atoms with van der Waals surface area (Å²) in [6, 6.07) is 14.2. The second-order valence-corrected chi connectivity index (χ2v) is 7.55. The highest BCUT2D eigenvalue weighted by Crippen LogP contribution is 2.16. The minimum atomic E-state index is 0.0365. The van der Waals surface area contributed by atoms with Crippen LogP contribution in [0.25, 0.3) is 5.69 Å². The van der Waals surface area contributed by atoms with E-state index in [-0.39, 0.29) is 5.91 Å². The van der Waals surface area contributed by atoms with Crippen LogP contribution in [-0.2, 0) is 24.3 Å². The number of nitrogens with one attached hydrogen (secondary N) is 1. The van der Waals surface area contributed by atoms with Gasteiger partial charge in [0.05, 0.1) is 25.0 Å². The number of hydrogen-bond acceptors (Lipinski definition) is 4. The van der Waals surface area contributed by atoms with Crippen LogP contribution in [0.1, 0.15) is 22.2 Å². The van der Waals surface area contributed by atoms with Crippen molar-refractivity contribution in [2.75, 3.05) is 13.6 Å². The molecule has 0 radical (unpaired) electrons. The Bertz CT molecular complexity index is 840. The molecule has 2 aromatic heterocycles. The third-order valence-electron chi connectivity index (χ3n) is 4.05. The summed E-state index contributed by atoms with van der Waals surface area (Å²) in [5, 5.41) is 7.39. The first-order valence-electron chi connectivity index (χ1n) is 8.76. The number of carbonyl (C=O) groups is 1. The average Bonchev–Trinajstić information content (AvgIpc) is 3.30. The molecule has 26 heavy (non-hydrogen) atoms. The number of aryl methyl sites for hydroxylation is 1. The third kappa shape index (κ3) is 5.03. The maximum atomic E-state index is 12.2. The largest absolute Gasteiger partial charge is 0.350 e. The van der Waals surface area contributed by atoms with Crippen molar-refractivity contribution < 1.29 is 4.79 Å². The zero-order chi connectivity index (χ0) is 18.4. The molecule has 2 heterocycles. The fourth-order valence-corrected chi connectivity index (χ4v) is 3.62. The summed E-state index contributed by atoms with van der Waals surface area (Å²) in [5.74, 6) is 0.0365. The molecule has 1 aromatic carbocycles. The van der Waals surface area contributed by atoms with Gasteiger partial charge in [-0.3, -0.25) is 9.69 Å². The van der Waals surface area contributed by atoms with Gasteiger partial charge in [-0.15, -0.1) is 11.3 Å². The lowest BCUT2D eigenvalue weighted by Gasteiger charge is -2.15. The van der Waals surface area contributed by atoms with E-state index in [4.69, 9.17) is 0 Å². The standard InChI is InChI=1S/C20H24N4OS/c1-3-18-9-10-19(26-18)12-21-20(25)15-23(2)13-16-11-22-24(14-16)17-7-5-4-6-8-17/h4-11,14H,3,12-13,15H2,1-2H3,(H,21,25). The number of para-hydroxylation sites is 1. The van der Waals surface area contributed by atoms with Crippen molar-refractivity contribution in [2.24, 2.45) is 0 Å². The Morgan fingerprint density at radius 3 is 2.69 bits per heavy atom. The first-order valence-corrected chi connectivity index (χ1v) is 9.57. The van der Waals surface area contributed by atoms with Gasteiger partial charge in [0.1, 0.15) is 0 Å².